The van der Waals surface area contributed by atoms with E-state index in [4.69, 9.17) is 5.10 Å². The smallest absolute Gasteiger partial charge is 0.255 e. The lowest BCUT2D eigenvalue weighted by Crippen LogP contribution is -2.40. The highest BCUT2D eigenvalue weighted by molar-refractivity contribution is 6.07. The van der Waals surface area contributed by atoms with Gasteiger partial charge in [0.25, 0.3) is 5.91 Å². The molecule has 6 rings (SSSR count). The predicted octanol–water partition coefficient (Wildman–Crippen LogP) is 3.68. The molecule has 4 aromatic rings. The molecule has 2 saturated carbocycles. The van der Waals surface area contributed by atoms with Crippen molar-refractivity contribution in [3.05, 3.63) is 54.6 Å². The zero-order chi connectivity index (χ0) is 23.2. The van der Waals surface area contributed by atoms with Crippen LogP contribution in [-0.4, -0.2) is 54.2 Å². The molecule has 0 radical (unpaired) electrons. The summed E-state index contributed by atoms with van der Waals surface area (Å²) in [6.45, 7) is 0. The Hall–Kier alpha value is -3.75. The first-order chi connectivity index (χ1) is 16.6. The minimum atomic E-state index is -0.209. The molecule has 9 heteroatoms. The van der Waals surface area contributed by atoms with Crippen LogP contribution in [0.4, 0.5) is 5.69 Å². The molecule has 1 aromatic carbocycles. The molecule has 9 nitrogen and oxygen atoms in total. The number of rotatable bonds is 5. The van der Waals surface area contributed by atoms with E-state index in [-0.39, 0.29) is 11.8 Å². The number of amides is 2. The van der Waals surface area contributed by atoms with Gasteiger partial charge >= 0.3 is 0 Å². The second-order valence-electron chi connectivity index (χ2n) is 9.47. The molecule has 0 unspecified atom stereocenters. The SMILES string of the molecule is CN(C(=O)C1CC1)C1CCC(n2cc3cc(C(=O)Nc4cnn5cccnc45)ccc3n2)CC1. The molecule has 0 aliphatic heterocycles. The number of aromatic nitrogens is 5. The summed E-state index contributed by atoms with van der Waals surface area (Å²) in [5.74, 6) is 0.382. The highest BCUT2D eigenvalue weighted by atomic mass is 16.2. The van der Waals surface area contributed by atoms with Crippen LogP contribution in [0.5, 0.6) is 0 Å². The van der Waals surface area contributed by atoms with Gasteiger partial charge in [0.1, 0.15) is 5.69 Å². The molecular weight excluding hydrogens is 430 g/mol. The number of hydrogen-bond donors (Lipinski definition) is 1. The zero-order valence-corrected chi connectivity index (χ0v) is 19.1. The maximum absolute atomic E-state index is 12.9. The lowest BCUT2D eigenvalue weighted by atomic mass is 9.90. The Bertz CT molecular complexity index is 1380. The number of fused-ring (bicyclic) bond motifs is 2. The number of nitrogens with one attached hydrogen (secondary N) is 1. The van der Waals surface area contributed by atoms with Crippen LogP contribution in [0, 0.1) is 5.92 Å². The van der Waals surface area contributed by atoms with Crippen molar-refractivity contribution in [1.82, 2.24) is 29.3 Å². The Morgan fingerprint density at radius 1 is 1.12 bits per heavy atom. The van der Waals surface area contributed by atoms with Gasteiger partial charge in [-0.2, -0.15) is 10.2 Å². The van der Waals surface area contributed by atoms with E-state index in [0.29, 0.717) is 34.9 Å². The predicted molar refractivity (Wildman–Crippen MR) is 127 cm³/mol. The molecule has 0 saturated heterocycles. The fourth-order valence-electron chi connectivity index (χ4n) is 4.99. The third-order valence-electron chi connectivity index (χ3n) is 7.17. The van der Waals surface area contributed by atoms with E-state index in [0.717, 1.165) is 49.4 Å². The third kappa shape index (κ3) is 3.81. The molecule has 0 bridgehead atoms. The highest BCUT2D eigenvalue weighted by Gasteiger charge is 2.36. The van der Waals surface area contributed by atoms with Gasteiger partial charge in [-0.1, -0.05) is 0 Å². The van der Waals surface area contributed by atoms with Gasteiger partial charge in [-0.15, -0.1) is 0 Å². The zero-order valence-electron chi connectivity index (χ0n) is 19.1. The van der Waals surface area contributed by atoms with Crippen molar-refractivity contribution in [2.75, 3.05) is 12.4 Å². The standard InChI is InChI=1S/C25H27N7O2/c1-30(25(34)16-3-4-16)19-6-8-20(9-7-19)32-15-18-13-17(5-10-21(18)29-32)24(33)28-22-14-27-31-12-2-11-26-23(22)31/h2,5,10-16,19-20H,3-4,6-9H2,1H3,(H,28,33). The molecule has 3 heterocycles. The van der Waals surface area contributed by atoms with E-state index >= 15 is 0 Å². The van der Waals surface area contributed by atoms with Gasteiger partial charge in [-0.3, -0.25) is 14.3 Å². The van der Waals surface area contributed by atoms with E-state index in [1.165, 1.54) is 0 Å². The van der Waals surface area contributed by atoms with Crippen molar-refractivity contribution in [2.45, 2.75) is 50.6 Å². The molecule has 34 heavy (non-hydrogen) atoms. The summed E-state index contributed by atoms with van der Waals surface area (Å²) in [4.78, 5) is 31.5. The minimum Gasteiger partial charge on any atom is -0.343 e. The second kappa shape index (κ2) is 8.23. The van der Waals surface area contributed by atoms with Gasteiger partial charge < -0.3 is 10.2 Å². The van der Waals surface area contributed by atoms with E-state index < -0.39 is 0 Å². The average Bonchev–Trinajstić information content (AvgIpc) is 3.51. The van der Waals surface area contributed by atoms with E-state index in [9.17, 15) is 9.59 Å². The number of carbonyl (C=O) groups is 2. The summed E-state index contributed by atoms with van der Waals surface area (Å²) in [5, 5.41) is 12.8. The van der Waals surface area contributed by atoms with Crippen LogP contribution in [0.15, 0.2) is 49.1 Å². The maximum Gasteiger partial charge on any atom is 0.255 e. The van der Waals surface area contributed by atoms with Crippen molar-refractivity contribution in [3.8, 4) is 0 Å². The van der Waals surface area contributed by atoms with Crippen LogP contribution in [0.3, 0.4) is 0 Å². The van der Waals surface area contributed by atoms with E-state index in [1.54, 1.807) is 35.2 Å². The highest BCUT2D eigenvalue weighted by Crippen LogP contribution is 2.35. The average molecular weight is 458 g/mol. The molecule has 174 valence electrons. The fourth-order valence-corrected chi connectivity index (χ4v) is 4.99. The van der Waals surface area contributed by atoms with Gasteiger partial charge in [-0.25, -0.2) is 9.50 Å². The molecule has 2 aliphatic carbocycles. The van der Waals surface area contributed by atoms with Gasteiger partial charge in [0.05, 0.1) is 17.8 Å². The summed E-state index contributed by atoms with van der Waals surface area (Å²) in [6, 6.07) is 8.00. The van der Waals surface area contributed by atoms with Crippen molar-refractivity contribution in [2.24, 2.45) is 5.92 Å². The van der Waals surface area contributed by atoms with Gasteiger partial charge in [-0.05, 0) is 62.8 Å². The molecule has 3 aromatic heterocycles. The lowest BCUT2D eigenvalue weighted by molar-refractivity contribution is -0.134. The number of benzene rings is 1. The summed E-state index contributed by atoms with van der Waals surface area (Å²) in [5.41, 5.74) is 2.61. The second-order valence-corrected chi connectivity index (χ2v) is 9.47. The maximum atomic E-state index is 12.9. The quantitative estimate of drug-likeness (QED) is 0.493. The Morgan fingerprint density at radius 2 is 1.94 bits per heavy atom. The minimum absolute atomic E-state index is 0.209. The number of nitrogens with zero attached hydrogens (tertiary/aromatic N) is 6. The topological polar surface area (TPSA) is 97.4 Å². The largest absolute Gasteiger partial charge is 0.343 e. The number of hydrogen-bond acceptors (Lipinski definition) is 5. The third-order valence-corrected chi connectivity index (χ3v) is 7.17. The molecule has 2 aliphatic rings. The fraction of sp³-hybridized carbons (Fsp3) is 0.400. The van der Waals surface area contributed by atoms with Crippen LogP contribution in [0.1, 0.15) is 54.9 Å². The Balaban J connectivity index is 1.14. The summed E-state index contributed by atoms with van der Waals surface area (Å²) < 4.78 is 3.66. The van der Waals surface area contributed by atoms with Crippen molar-refractivity contribution < 1.29 is 9.59 Å². The molecule has 0 atom stereocenters. The molecule has 2 fully saturated rings. The van der Waals surface area contributed by atoms with Crippen LogP contribution in [-0.2, 0) is 4.79 Å². The first kappa shape index (κ1) is 20.8. The van der Waals surface area contributed by atoms with Crippen molar-refractivity contribution >= 4 is 34.1 Å². The Labute approximate surface area is 196 Å². The van der Waals surface area contributed by atoms with Gasteiger partial charge in [0.15, 0.2) is 5.65 Å². The van der Waals surface area contributed by atoms with Crippen LogP contribution < -0.4 is 5.32 Å². The molecule has 2 amide bonds. The van der Waals surface area contributed by atoms with Crippen LogP contribution >= 0.6 is 0 Å². The molecule has 0 spiro atoms. The summed E-state index contributed by atoms with van der Waals surface area (Å²) >= 11 is 0. The first-order valence-electron chi connectivity index (χ1n) is 11.9. The number of carbonyl (C=O) groups excluding carboxylic acids is 2. The molecular formula is C25H27N7O2. The molecule has 1 N–H and O–H groups in total. The number of anilines is 1. The van der Waals surface area contributed by atoms with Crippen LogP contribution in [0.2, 0.25) is 0 Å². The van der Waals surface area contributed by atoms with Crippen molar-refractivity contribution in [1.29, 1.82) is 0 Å². The first-order valence-corrected chi connectivity index (χ1v) is 11.9. The van der Waals surface area contributed by atoms with Gasteiger partial charge in [0.2, 0.25) is 5.91 Å². The lowest BCUT2D eigenvalue weighted by Gasteiger charge is -2.34. The summed E-state index contributed by atoms with van der Waals surface area (Å²) in [7, 11) is 1.96. The summed E-state index contributed by atoms with van der Waals surface area (Å²) in [6.07, 6.45) is 13.2. The normalized spacial score (nSPS) is 20.5. The Morgan fingerprint density at radius 3 is 2.74 bits per heavy atom. The van der Waals surface area contributed by atoms with E-state index in [1.807, 2.05) is 35.0 Å². The van der Waals surface area contributed by atoms with Gasteiger partial charge in [0, 0.05) is 48.5 Å². The van der Waals surface area contributed by atoms with E-state index in [2.05, 4.69) is 15.4 Å². The van der Waals surface area contributed by atoms with Crippen molar-refractivity contribution in [3.63, 3.8) is 0 Å². The Kier molecular flexibility index (Phi) is 5.04. The van der Waals surface area contributed by atoms with Crippen LogP contribution in [0.25, 0.3) is 16.6 Å². The monoisotopic (exact) mass is 457 g/mol.